The van der Waals surface area contributed by atoms with Crippen LogP contribution in [0, 0.1) is 0 Å². The normalized spacial score (nSPS) is 9.55. The van der Waals surface area contributed by atoms with Crippen molar-refractivity contribution in [3.8, 4) is 0 Å². The summed E-state index contributed by atoms with van der Waals surface area (Å²) in [6.45, 7) is 3.57. The molecule has 0 atom stereocenters. The average molecular weight is 170 g/mol. The smallest absolute Gasteiger partial charge is 0.221 e. The molecule has 0 aliphatic heterocycles. The third kappa shape index (κ3) is 1.91. The SMILES string of the molecule is C=CCc1cnc(N)nc1Cl. The molecule has 1 aromatic heterocycles. The van der Waals surface area contributed by atoms with Gasteiger partial charge < -0.3 is 5.73 Å². The molecule has 1 heterocycles. The second-order valence-electron chi connectivity index (χ2n) is 2.04. The second-order valence-corrected chi connectivity index (χ2v) is 2.40. The van der Waals surface area contributed by atoms with Gasteiger partial charge in [0.2, 0.25) is 5.95 Å². The van der Waals surface area contributed by atoms with Crippen molar-refractivity contribution in [2.45, 2.75) is 6.42 Å². The molecule has 4 heteroatoms. The lowest BCUT2D eigenvalue weighted by Crippen LogP contribution is -1.97. The summed E-state index contributed by atoms with van der Waals surface area (Å²) in [5, 5.41) is 0.400. The Bertz CT molecular complexity index is 272. The van der Waals surface area contributed by atoms with Crippen LogP contribution in [0.1, 0.15) is 5.56 Å². The Morgan fingerprint density at radius 3 is 3.00 bits per heavy atom. The minimum absolute atomic E-state index is 0.197. The van der Waals surface area contributed by atoms with Crippen molar-refractivity contribution >= 4 is 17.5 Å². The number of hydrogen-bond donors (Lipinski definition) is 1. The molecule has 0 fully saturated rings. The molecule has 2 N–H and O–H groups in total. The minimum atomic E-state index is 0.197. The van der Waals surface area contributed by atoms with Crippen LogP contribution in [0.5, 0.6) is 0 Å². The summed E-state index contributed by atoms with van der Waals surface area (Å²) >= 11 is 5.73. The molecular formula is C7H8ClN3. The van der Waals surface area contributed by atoms with Crippen LogP contribution in [0.15, 0.2) is 18.9 Å². The first-order valence-corrected chi connectivity index (χ1v) is 3.49. The molecule has 0 amide bonds. The van der Waals surface area contributed by atoms with Crippen LogP contribution in [0.4, 0.5) is 5.95 Å². The lowest BCUT2D eigenvalue weighted by atomic mass is 10.2. The number of nitrogens with zero attached hydrogens (tertiary/aromatic N) is 2. The van der Waals surface area contributed by atoms with E-state index in [2.05, 4.69) is 16.5 Å². The van der Waals surface area contributed by atoms with Crippen molar-refractivity contribution in [2.24, 2.45) is 0 Å². The zero-order chi connectivity index (χ0) is 8.27. The molecule has 11 heavy (non-hydrogen) atoms. The molecule has 0 aromatic carbocycles. The Morgan fingerprint density at radius 1 is 1.73 bits per heavy atom. The van der Waals surface area contributed by atoms with Crippen LogP contribution in [0.3, 0.4) is 0 Å². The lowest BCUT2D eigenvalue weighted by Gasteiger charge is -1.98. The van der Waals surface area contributed by atoms with E-state index in [1.54, 1.807) is 12.3 Å². The molecule has 1 rings (SSSR count). The van der Waals surface area contributed by atoms with Gasteiger partial charge in [-0.05, 0) is 6.42 Å². The topological polar surface area (TPSA) is 51.8 Å². The summed E-state index contributed by atoms with van der Waals surface area (Å²) < 4.78 is 0. The van der Waals surface area contributed by atoms with Crippen molar-refractivity contribution in [3.05, 3.63) is 29.6 Å². The lowest BCUT2D eigenvalue weighted by molar-refractivity contribution is 1.11. The van der Waals surface area contributed by atoms with Crippen LogP contribution < -0.4 is 5.73 Å². The van der Waals surface area contributed by atoms with Gasteiger partial charge in [-0.3, -0.25) is 0 Å². The van der Waals surface area contributed by atoms with Gasteiger partial charge >= 0.3 is 0 Å². The van der Waals surface area contributed by atoms with Gasteiger partial charge in [0.05, 0.1) is 0 Å². The Hall–Kier alpha value is -1.09. The van der Waals surface area contributed by atoms with Crippen molar-refractivity contribution in [1.29, 1.82) is 0 Å². The number of halogens is 1. The molecule has 0 aliphatic carbocycles. The van der Waals surface area contributed by atoms with E-state index in [0.29, 0.717) is 11.6 Å². The standard InChI is InChI=1S/C7H8ClN3/c1-2-3-5-4-10-7(9)11-6(5)8/h2,4H,1,3H2,(H2,9,10,11). The fraction of sp³-hybridized carbons (Fsp3) is 0.143. The molecule has 0 aliphatic rings. The highest BCUT2D eigenvalue weighted by atomic mass is 35.5. The van der Waals surface area contributed by atoms with E-state index < -0.39 is 0 Å². The second kappa shape index (κ2) is 3.34. The van der Waals surface area contributed by atoms with Gasteiger partial charge in [-0.25, -0.2) is 9.97 Å². The van der Waals surface area contributed by atoms with Crippen LogP contribution >= 0.6 is 11.6 Å². The van der Waals surface area contributed by atoms with Gasteiger partial charge in [0.15, 0.2) is 0 Å². The van der Waals surface area contributed by atoms with Crippen LogP contribution in [-0.4, -0.2) is 9.97 Å². The molecule has 1 aromatic rings. The molecule has 0 unspecified atom stereocenters. The van der Waals surface area contributed by atoms with Gasteiger partial charge in [-0.2, -0.15) is 0 Å². The van der Waals surface area contributed by atoms with Crippen LogP contribution in [0.25, 0.3) is 0 Å². The van der Waals surface area contributed by atoms with Crippen LogP contribution in [0.2, 0.25) is 5.15 Å². The summed E-state index contributed by atoms with van der Waals surface area (Å²) in [6, 6.07) is 0. The third-order valence-corrected chi connectivity index (χ3v) is 1.52. The van der Waals surface area contributed by atoms with Crippen molar-refractivity contribution in [1.82, 2.24) is 9.97 Å². The van der Waals surface area contributed by atoms with E-state index >= 15 is 0 Å². The van der Waals surface area contributed by atoms with E-state index in [1.165, 1.54) is 0 Å². The Morgan fingerprint density at radius 2 is 2.45 bits per heavy atom. The van der Waals surface area contributed by atoms with E-state index in [4.69, 9.17) is 17.3 Å². The maximum atomic E-state index is 5.73. The molecule has 0 bridgehead atoms. The third-order valence-electron chi connectivity index (χ3n) is 1.19. The van der Waals surface area contributed by atoms with Gasteiger partial charge in [-0.15, -0.1) is 6.58 Å². The number of anilines is 1. The largest absolute Gasteiger partial charge is 0.368 e. The Kier molecular flexibility index (Phi) is 2.44. The number of nitrogen functional groups attached to an aromatic ring is 1. The summed E-state index contributed by atoms with van der Waals surface area (Å²) in [4.78, 5) is 7.57. The fourth-order valence-electron chi connectivity index (χ4n) is 0.691. The number of aromatic nitrogens is 2. The zero-order valence-corrected chi connectivity index (χ0v) is 6.67. The predicted molar refractivity (Wildman–Crippen MR) is 45.4 cm³/mol. The number of hydrogen-bond acceptors (Lipinski definition) is 3. The highest BCUT2D eigenvalue weighted by molar-refractivity contribution is 6.30. The maximum Gasteiger partial charge on any atom is 0.221 e. The van der Waals surface area contributed by atoms with E-state index in [1.807, 2.05) is 0 Å². The Balaban J connectivity index is 2.98. The van der Waals surface area contributed by atoms with E-state index in [-0.39, 0.29) is 5.95 Å². The van der Waals surface area contributed by atoms with Crippen molar-refractivity contribution < 1.29 is 0 Å². The molecule has 3 nitrogen and oxygen atoms in total. The van der Waals surface area contributed by atoms with E-state index in [9.17, 15) is 0 Å². The van der Waals surface area contributed by atoms with Gasteiger partial charge in [-0.1, -0.05) is 17.7 Å². The summed E-state index contributed by atoms with van der Waals surface area (Å²) in [6.07, 6.45) is 4.01. The first-order chi connectivity index (χ1) is 5.24. The Labute approximate surface area is 69.9 Å². The van der Waals surface area contributed by atoms with E-state index in [0.717, 1.165) is 5.56 Å². The monoisotopic (exact) mass is 169 g/mol. The summed E-state index contributed by atoms with van der Waals surface area (Å²) in [7, 11) is 0. The number of rotatable bonds is 2. The molecule has 0 spiro atoms. The van der Waals surface area contributed by atoms with Crippen LogP contribution in [-0.2, 0) is 6.42 Å². The average Bonchev–Trinajstić information content (AvgIpc) is 1.95. The minimum Gasteiger partial charge on any atom is -0.368 e. The fourth-order valence-corrected chi connectivity index (χ4v) is 0.904. The summed E-state index contributed by atoms with van der Waals surface area (Å²) in [5.41, 5.74) is 6.13. The number of nitrogens with two attached hydrogens (primary N) is 1. The predicted octanol–water partition coefficient (Wildman–Crippen LogP) is 1.44. The zero-order valence-electron chi connectivity index (χ0n) is 5.92. The molecule has 0 saturated carbocycles. The highest BCUT2D eigenvalue weighted by Gasteiger charge is 1.99. The molecular weight excluding hydrogens is 162 g/mol. The molecule has 0 radical (unpaired) electrons. The van der Waals surface area contributed by atoms with Crippen molar-refractivity contribution in [2.75, 3.05) is 5.73 Å². The maximum absolute atomic E-state index is 5.73. The van der Waals surface area contributed by atoms with Gasteiger partial charge in [0, 0.05) is 11.8 Å². The molecule has 58 valence electrons. The highest BCUT2D eigenvalue weighted by Crippen LogP contribution is 2.12. The van der Waals surface area contributed by atoms with Crippen molar-refractivity contribution in [3.63, 3.8) is 0 Å². The first-order valence-electron chi connectivity index (χ1n) is 3.12. The summed E-state index contributed by atoms with van der Waals surface area (Å²) in [5.74, 6) is 0.197. The van der Waals surface area contributed by atoms with Gasteiger partial charge in [0.25, 0.3) is 0 Å². The quantitative estimate of drug-likeness (QED) is 0.539. The first kappa shape index (κ1) is 8.01. The number of allylic oxidation sites excluding steroid dienone is 1. The molecule has 0 saturated heterocycles. The van der Waals surface area contributed by atoms with Gasteiger partial charge in [0.1, 0.15) is 5.15 Å².